The fourth-order valence-electron chi connectivity index (χ4n) is 1.39. The summed E-state index contributed by atoms with van der Waals surface area (Å²) in [6, 6.07) is 4.69. The van der Waals surface area contributed by atoms with Crippen LogP contribution in [0.3, 0.4) is 0 Å². The Labute approximate surface area is 107 Å². The van der Waals surface area contributed by atoms with Crippen LogP contribution in [0.4, 0.5) is 11.4 Å². The maximum absolute atomic E-state index is 10.8. The lowest BCUT2D eigenvalue weighted by atomic mass is 9.93. The maximum Gasteiger partial charge on any atom is 0.275 e. The molecule has 0 bridgehead atoms. The van der Waals surface area contributed by atoms with Gasteiger partial charge in [0.05, 0.1) is 17.6 Å². The van der Waals surface area contributed by atoms with Crippen molar-refractivity contribution in [2.45, 2.75) is 27.2 Å². The van der Waals surface area contributed by atoms with Crippen LogP contribution in [0.15, 0.2) is 18.2 Å². The topological polar surface area (TPSA) is 64.4 Å². The number of hydrogen-bond acceptors (Lipinski definition) is 4. The Kier molecular flexibility index (Phi) is 4.53. The van der Waals surface area contributed by atoms with Crippen molar-refractivity contribution in [2.24, 2.45) is 5.41 Å². The highest BCUT2D eigenvalue weighted by molar-refractivity contribution is 5.55. The fourth-order valence-corrected chi connectivity index (χ4v) is 1.39. The number of hydrogen-bond donors (Lipinski definition) is 1. The first-order valence-corrected chi connectivity index (χ1v) is 5.92. The van der Waals surface area contributed by atoms with E-state index in [4.69, 9.17) is 4.74 Å². The molecule has 1 aromatic carbocycles. The predicted octanol–water partition coefficient (Wildman–Crippen LogP) is 3.45. The number of nitrogens with one attached hydrogen (secondary N) is 1. The molecule has 0 aliphatic rings. The van der Waals surface area contributed by atoms with Gasteiger partial charge in [-0.1, -0.05) is 20.8 Å². The van der Waals surface area contributed by atoms with Crippen molar-refractivity contribution in [1.29, 1.82) is 0 Å². The average molecular weight is 252 g/mol. The number of rotatable bonds is 5. The summed E-state index contributed by atoms with van der Waals surface area (Å²) in [6.07, 6.45) is 0.893. The molecule has 18 heavy (non-hydrogen) atoms. The minimum Gasteiger partial charge on any atom is -0.493 e. The van der Waals surface area contributed by atoms with Crippen molar-refractivity contribution < 1.29 is 9.66 Å². The van der Waals surface area contributed by atoms with Gasteiger partial charge in [-0.25, -0.2) is 0 Å². The Morgan fingerprint density at radius 3 is 2.50 bits per heavy atom. The van der Waals surface area contributed by atoms with Crippen molar-refractivity contribution in [2.75, 3.05) is 19.0 Å². The van der Waals surface area contributed by atoms with Crippen molar-refractivity contribution >= 4 is 11.4 Å². The zero-order chi connectivity index (χ0) is 13.8. The molecule has 0 fully saturated rings. The molecular weight excluding hydrogens is 232 g/mol. The Balaban J connectivity index is 2.76. The van der Waals surface area contributed by atoms with Gasteiger partial charge in [-0.15, -0.1) is 0 Å². The number of nitro benzene ring substituents is 1. The highest BCUT2D eigenvalue weighted by Gasteiger charge is 2.12. The molecule has 100 valence electrons. The molecule has 0 unspecified atom stereocenters. The number of ether oxygens (including phenoxy) is 1. The molecule has 0 spiro atoms. The van der Waals surface area contributed by atoms with E-state index in [1.54, 1.807) is 13.1 Å². The minimum absolute atomic E-state index is 0.0348. The second-order valence-electron chi connectivity index (χ2n) is 5.38. The largest absolute Gasteiger partial charge is 0.493 e. The monoisotopic (exact) mass is 252 g/mol. The molecule has 5 heteroatoms. The van der Waals surface area contributed by atoms with Gasteiger partial charge in [-0.2, -0.15) is 0 Å². The highest BCUT2D eigenvalue weighted by atomic mass is 16.6. The van der Waals surface area contributed by atoms with E-state index in [0.29, 0.717) is 18.0 Å². The van der Waals surface area contributed by atoms with E-state index >= 15 is 0 Å². The first-order valence-electron chi connectivity index (χ1n) is 5.92. The normalized spacial score (nSPS) is 11.1. The van der Waals surface area contributed by atoms with Gasteiger partial charge >= 0.3 is 0 Å². The van der Waals surface area contributed by atoms with E-state index < -0.39 is 4.92 Å². The Hall–Kier alpha value is -1.78. The fraction of sp³-hybridized carbons (Fsp3) is 0.538. The van der Waals surface area contributed by atoms with Crippen LogP contribution in [-0.2, 0) is 0 Å². The van der Waals surface area contributed by atoms with Gasteiger partial charge in [-0.05, 0) is 11.8 Å². The van der Waals surface area contributed by atoms with E-state index in [0.717, 1.165) is 6.42 Å². The summed E-state index contributed by atoms with van der Waals surface area (Å²) in [5.41, 5.74) is 0.898. The Morgan fingerprint density at radius 2 is 2.00 bits per heavy atom. The van der Waals surface area contributed by atoms with Crippen LogP contribution in [0.5, 0.6) is 5.75 Å². The van der Waals surface area contributed by atoms with Gasteiger partial charge in [0.1, 0.15) is 5.75 Å². The number of benzene rings is 1. The summed E-state index contributed by atoms with van der Waals surface area (Å²) < 4.78 is 5.57. The standard InChI is InChI=1S/C13H20N2O3/c1-13(2,3)5-6-18-12-8-10(14-4)7-11(9-12)15(16)17/h7-9,14H,5-6H2,1-4H3. The van der Waals surface area contributed by atoms with Crippen LogP contribution in [0.1, 0.15) is 27.2 Å². The molecule has 1 N–H and O–H groups in total. The van der Waals surface area contributed by atoms with Crippen LogP contribution >= 0.6 is 0 Å². The van der Waals surface area contributed by atoms with Gasteiger partial charge in [0.25, 0.3) is 5.69 Å². The molecule has 0 heterocycles. The second-order valence-corrected chi connectivity index (χ2v) is 5.38. The molecule has 1 rings (SSSR count). The van der Waals surface area contributed by atoms with Crippen LogP contribution < -0.4 is 10.1 Å². The molecule has 0 radical (unpaired) electrons. The quantitative estimate of drug-likeness (QED) is 0.644. The molecule has 0 saturated heterocycles. The first-order chi connectivity index (χ1) is 8.31. The van der Waals surface area contributed by atoms with Crippen LogP contribution in [0.25, 0.3) is 0 Å². The zero-order valence-corrected chi connectivity index (χ0v) is 11.3. The summed E-state index contributed by atoms with van der Waals surface area (Å²) >= 11 is 0. The lowest BCUT2D eigenvalue weighted by molar-refractivity contribution is -0.384. The second kappa shape index (κ2) is 5.71. The van der Waals surface area contributed by atoms with Crippen molar-refractivity contribution in [1.82, 2.24) is 0 Å². The molecular formula is C13H20N2O3. The molecule has 0 atom stereocenters. The third-order valence-corrected chi connectivity index (χ3v) is 2.51. The molecule has 0 aromatic heterocycles. The summed E-state index contributed by atoms with van der Waals surface area (Å²) in [6.45, 7) is 6.93. The van der Waals surface area contributed by atoms with E-state index in [1.165, 1.54) is 12.1 Å². The lowest BCUT2D eigenvalue weighted by Gasteiger charge is -2.18. The van der Waals surface area contributed by atoms with Gasteiger partial charge in [0, 0.05) is 24.9 Å². The van der Waals surface area contributed by atoms with E-state index in [9.17, 15) is 10.1 Å². The SMILES string of the molecule is CNc1cc(OCCC(C)(C)C)cc([N+](=O)[O-])c1. The van der Waals surface area contributed by atoms with Crippen LogP contribution in [-0.4, -0.2) is 18.6 Å². The molecule has 1 aromatic rings. The molecule has 0 aliphatic carbocycles. The summed E-state index contributed by atoms with van der Waals surface area (Å²) in [5.74, 6) is 0.526. The van der Waals surface area contributed by atoms with E-state index in [-0.39, 0.29) is 11.1 Å². The van der Waals surface area contributed by atoms with E-state index in [2.05, 4.69) is 26.1 Å². The molecule has 0 saturated carbocycles. The number of nitrogens with zero attached hydrogens (tertiary/aromatic N) is 1. The summed E-state index contributed by atoms with van der Waals surface area (Å²) in [5, 5.41) is 13.7. The smallest absolute Gasteiger partial charge is 0.275 e. The van der Waals surface area contributed by atoms with Crippen molar-refractivity contribution in [3.63, 3.8) is 0 Å². The number of anilines is 1. The van der Waals surface area contributed by atoms with Crippen LogP contribution in [0, 0.1) is 15.5 Å². The number of non-ortho nitro benzene ring substituents is 1. The van der Waals surface area contributed by atoms with Crippen molar-refractivity contribution in [3.8, 4) is 5.75 Å². The molecule has 0 aliphatic heterocycles. The third kappa shape index (κ3) is 4.61. The van der Waals surface area contributed by atoms with E-state index in [1.807, 2.05) is 0 Å². The summed E-state index contributed by atoms with van der Waals surface area (Å²) in [7, 11) is 1.72. The third-order valence-electron chi connectivity index (χ3n) is 2.51. The van der Waals surface area contributed by atoms with Gasteiger partial charge < -0.3 is 10.1 Å². The average Bonchev–Trinajstić information content (AvgIpc) is 2.26. The zero-order valence-electron chi connectivity index (χ0n) is 11.3. The first kappa shape index (κ1) is 14.3. The Morgan fingerprint density at radius 1 is 1.33 bits per heavy atom. The van der Waals surface area contributed by atoms with Crippen molar-refractivity contribution in [3.05, 3.63) is 28.3 Å². The number of nitro groups is 1. The minimum atomic E-state index is -0.419. The maximum atomic E-state index is 10.8. The molecule has 0 amide bonds. The Bertz CT molecular complexity index is 425. The van der Waals surface area contributed by atoms with Gasteiger partial charge in [0.2, 0.25) is 0 Å². The van der Waals surface area contributed by atoms with Gasteiger partial charge in [0.15, 0.2) is 0 Å². The highest BCUT2D eigenvalue weighted by Crippen LogP contribution is 2.26. The molecule has 5 nitrogen and oxygen atoms in total. The van der Waals surface area contributed by atoms with Crippen LogP contribution in [0.2, 0.25) is 0 Å². The summed E-state index contributed by atoms with van der Waals surface area (Å²) in [4.78, 5) is 10.4. The van der Waals surface area contributed by atoms with Gasteiger partial charge in [-0.3, -0.25) is 10.1 Å². The predicted molar refractivity (Wildman–Crippen MR) is 72.2 cm³/mol. The lowest BCUT2D eigenvalue weighted by Crippen LogP contribution is -2.11.